The lowest BCUT2D eigenvalue weighted by molar-refractivity contribution is 0.630. The van der Waals surface area contributed by atoms with Crippen LogP contribution in [0, 0.1) is 5.82 Å². The summed E-state index contributed by atoms with van der Waals surface area (Å²) in [6.45, 7) is 0. The predicted molar refractivity (Wildman–Crippen MR) is 61.2 cm³/mol. The molecule has 3 aromatic rings. The summed E-state index contributed by atoms with van der Waals surface area (Å²) in [5, 5.41) is 0. The van der Waals surface area contributed by atoms with Crippen LogP contribution in [-0.2, 0) is 0 Å². The highest BCUT2D eigenvalue weighted by atomic mass is 19.1. The van der Waals surface area contributed by atoms with Crippen molar-refractivity contribution < 1.29 is 4.39 Å². The van der Waals surface area contributed by atoms with Crippen molar-refractivity contribution in [1.82, 2.24) is 14.4 Å². The van der Waals surface area contributed by atoms with Gasteiger partial charge < -0.3 is 4.98 Å². The topological polar surface area (TPSA) is 50.2 Å². The van der Waals surface area contributed by atoms with E-state index in [0.717, 1.165) is 0 Å². The fourth-order valence-electron chi connectivity index (χ4n) is 1.75. The molecule has 1 N–H and O–H groups in total. The third-order valence-electron chi connectivity index (χ3n) is 2.56. The van der Waals surface area contributed by atoms with Crippen molar-refractivity contribution in [3.8, 4) is 11.3 Å². The zero-order valence-electron chi connectivity index (χ0n) is 8.72. The molecule has 2 heterocycles. The van der Waals surface area contributed by atoms with Crippen LogP contribution in [0.1, 0.15) is 0 Å². The second-order valence-corrected chi connectivity index (χ2v) is 3.62. The first-order chi connectivity index (χ1) is 8.25. The highest BCUT2D eigenvalue weighted by molar-refractivity contribution is 5.61. The monoisotopic (exact) mass is 229 g/mol. The third-order valence-corrected chi connectivity index (χ3v) is 2.56. The van der Waals surface area contributed by atoms with Gasteiger partial charge in [-0.05, 0) is 12.1 Å². The number of fused-ring (bicyclic) bond motifs is 1. The first kappa shape index (κ1) is 9.77. The molecular formula is C12H8FN3O. The minimum Gasteiger partial charge on any atom is -0.324 e. The van der Waals surface area contributed by atoms with Crippen LogP contribution >= 0.6 is 0 Å². The van der Waals surface area contributed by atoms with Crippen molar-refractivity contribution in [1.29, 1.82) is 0 Å². The molecule has 3 rings (SSSR count). The van der Waals surface area contributed by atoms with Crippen LogP contribution in [0.3, 0.4) is 0 Å². The van der Waals surface area contributed by atoms with E-state index < -0.39 is 0 Å². The van der Waals surface area contributed by atoms with Gasteiger partial charge in [-0.3, -0.25) is 9.20 Å². The van der Waals surface area contributed by atoms with Gasteiger partial charge >= 0.3 is 0 Å². The molecule has 0 unspecified atom stereocenters. The maximum absolute atomic E-state index is 13.6. The molecule has 1 aromatic carbocycles. The minimum absolute atomic E-state index is 0.241. The Bertz CT molecular complexity index is 745. The molecule has 5 heteroatoms. The van der Waals surface area contributed by atoms with Crippen LogP contribution in [0.2, 0.25) is 0 Å². The Labute approximate surface area is 95.4 Å². The number of imidazole rings is 1. The molecule has 0 saturated carbocycles. The first-order valence-corrected chi connectivity index (χ1v) is 5.07. The average molecular weight is 229 g/mol. The zero-order valence-corrected chi connectivity index (χ0v) is 8.72. The van der Waals surface area contributed by atoms with Crippen LogP contribution in [-0.4, -0.2) is 14.4 Å². The Balaban J connectivity index is 2.32. The molecule has 2 aromatic heterocycles. The Morgan fingerprint density at radius 3 is 2.94 bits per heavy atom. The molecular weight excluding hydrogens is 221 g/mol. The summed E-state index contributed by atoms with van der Waals surface area (Å²) in [5.41, 5.74) is 0.538. The standard InChI is InChI=1S/C12H8FN3O/c13-9-4-2-1-3-8(9)10-7-11(17)16-6-5-14-12(16)15-10/h1-7H,(H,14,15). The Hall–Kier alpha value is -2.43. The number of aromatic nitrogens is 3. The summed E-state index contributed by atoms with van der Waals surface area (Å²) in [4.78, 5) is 18.6. The summed E-state index contributed by atoms with van der Waals surface area (Å²) >= 11 is 0. The number of aromatic amines is 1. The summed E-state index contributed by atoms with van der Waals surface area (Å²) in [5.74, 6) is 0.0230. The molecule has 0 aliphatic rings. The second kappa shape index (κ2) is 3.55. The summed E-state index contributed by atoms with van der Waals surface area (Å²) in [6, 6.07) is 7.63. The number of hydrogen-bond donors (Lipinski definition) is 1. The molecule has 0 amide bonds. The maximum Gasteiger partial charge on any atom is 0.259 e. The van der Waals surface area contributed by atoms with Crippen LogP contribution in [0.15, 0.2) is 47.5 Å². The van der Waals surface area contributed by atoms with Gasteiger partial charge in [0.25, 0.3) is 5.56 Å². The molecule has 84 valence electrons. The Morgan fingerprint density at radius 1 is 1.29 bits per heavy atom. The van der Waals surface area contributed by atoms with Crippen molar-refractivity contribution in [2.24, 2.45) is 0 Å². The quantitative estimate of drug-likeness (QED) is 0.692. The van der Waals surface area contributed by atoms with Crippen LogP contribution < -0.4 is 5.56 Å². The van der Waals surface area contributed by atoms with E-state index in [2.05, 4.69) is 9.97 Å². The normalized spacial score (nSPS) is 10.9. The number of nitrogens with one attached hydrogen (secondary N) is 1. The highest BCUT2D eigenvalue weighted by Gasteiger charge is 2.07. The third kappa shape index (κ3) is 1.52. The summed E-state index contributed by atoms with van der Waals surface area (Å²) in [6.07, 6.45) is 3.07. The number of nitrogens with zero attached hydrogens (tertiary/aromatic N) is 2. The van der Waals surface area contributed by atoms with Gasteiger partial charge in [-0.25, -0.2) is 9.37 Å². The molecule has 0 radical (unpaired) electrons. The summed E-state index contributed by atoms with van der Waals surface area (Å²) in [7, 11) is 0. The van der Waals surface area contributed by atoms with Gasteiger partial charge in [0.15, 0.2) is 0 Å². The zero-order chi connectivity index (χ0) is 11.8. The van der Waals surface area contributed by atoms with Crippen LogP contribution in [0.4, 0.5) is 4.39 Å². The van der Waals surface area contributed by atoms with Gasteiger partial charge in [-0.2, -0.15) is 0 Å². The van der Waals surface area contributed by atoms with E-state index in [1.54, 1.807) is 24.4 Å². The van der Waals surface area contributed by atoms with E-state index in [0.29, 0.717) is 17.0 Å². The molecule has 0 spiro atoms. The van der Waals surface area contributed by atoms with Crippen molar-refractivity contribution >= 4 is 5.78 Å². The number of H-pyrrole nitrogens is 1. The van der Waals surface area contributed by atoms with Crippen LogP contribution in [0.25, 0.3) is 17.0 Å². The van der Waals surface area contributed by atoms with Gasteiger partial charge in [-0.1, -0.05) is 12.1 Å². The van der Waals surface area contributed by atoms with E-state index in [9.17, 15) is 9.18 Å². The van der Waals surface area contributed by atoms with E-state index >= 15 is 0 Å². The molecule has 4 nitrogen and oxygen atoms in total. The molecule has 0 atom stereocenters. The molecule has 0 bridgehead atoms. The average Bonchev–Trinajstić information content (AvgIpc) is 2.78. The predicted octanol–water partition coefficient (Wildman–Crippen LogP) is 1.83. The van der Waals surface area contributed by atoms with Gasteiger partial charge in [-0.15, -0.1) is 0 Å². The van der Waals surface area contributed by atoms with Gasteiger partial charge in [0, 0.05) is 24.0 Å². The molecule has 0 fully saturated rings. The Kier molecular flexibility index (Phi) is 2.04. The highest BCUT2D eigenvalue weighted by Crippen LogP contribution is 2.19. The molecule has 0 aliphatic heterocycles. The van der Waals surface area contributed by atoms with Gasteiger partial charge in [0.2, 0.25) is 5.78 Å². The number of rotatable bonds is 1. The number of benzene rings is 1. The van der Waals surface area contributed by atoms with E-state index in [4.69, 9.17) is 0 Å². The first-order valence-electron chi connectivity index (χ1n) is 5.07. The Morgan fingerprint density at radius 2 is 2.12 bits per heavy atom. The fraction of sp³-hybridized carbons (Fsp3) is 0. The largest absolute Gasteiger partial charge is 0.324 e. The summed E-state index contributed by atoms with van der Waals surface area (Å²) < 4.78 is 14.9. The molecule has 0 saturated heterocycles. The van der Waals surface area contributed by atoms with Crippen molar-refractivity contribution in [2.75, 3.05) is 0 Å². The lowest BCUT2D eigenvalue weighted by atomic mass is 10.1. The fourth-order valence-corrected chi connectivity index (χ4v) is 1.75. The van der Waals surface area contributed by atoms with Crippen molar-refractivity contribution in [3.05, 3.63) is 58.9 Å². The van der Waals surface area contributed by atoms with Gasteiger partial charge in [0.1, 0.15) is 5.82 Å². The van der Waals surface area contributed by atoms with E-state index in [-0.39, 0.29) is 11.4 Å². The lowest BCUT2D eigenvalue weighted by Crippen LogP contribution is -2.12. The smallest absolute Gasteiger partial charge is 0.259 e. The van der Waals surface area contributed by atoms with Crippen LogP contribution in [0.5, 0.6) is 0 Å². The van der Waals surface area contributed by atoms with Gasteiger partial charge in [0.05, 0.1) is 5.69 Å². The number of halogens is 1. The van der Waals surface area contributed by atoms with Crippen molar-refractivity contribution in [2.45, 2.75) is 0 Å². The lowest BCUT2D eigenvalue weighted by Gasteiger charge is -2.03. The van der Waals surface area contributed by atoms with E-state index in [1.165, 1.54) is 22.7 Å². The minimum atomic E-state index is -0.376. The SMILES string of the molecule is O=c1cc(-c2ccccc2F)[nH]c2nccn12. The number of hydrogen-bond acceptors (Lipinski definition) is 2. The molecule has 0 aliphatic carbocycles. The molecule has 17 heavy (non-hydrogen) atoms. The van der Waals surface area contributed by atoms with E-state index in [1.807, 2.05) is 0 Å². The maximum atomic E-state index is 13.6. The van der Waals surface area contributed by atoms with Crippen molar-refractivity contribution in [3.63, 3.8) is 0 Å². The second-order valence-electron chi connectivity index (χ2n) is 3.62.